The van der Waals surface area contributed by atoms with E-state index in [9.17, 15) is 8.42 Å². The number of methoxy groups -OCH3 is 2. The zero-order valence-corrected chi connectivity index (χ0v) is 23.0. The summed E-state index contributed by atoms with van der Waals surface area (Å²) in [5.74, 6) is 0.531. The molecule has 3 aromatic heterocycles. The molecule has 194 valence electrons. The molecule has 1 fully saturated rings. The lowest BCUT2D eigenvalue weighted by molar-refractivity contribution is 0.0948. The Bertz CT molecular complexity index is 1340. The van der Waals surface area contributed by atoms with Crippen molar-refractivity contribution in [3.8, 4) is 11.6 Å². The van der Waals surface area contributed by atoms with Crippen LogP contribution in [0.2, 0.25) is 5.02 Å². The van der Waals surface area contributed by atoms with Crippen LogP contribution in [-0.2, 0) is 20.3 Å². The Morgan fingerprint density at radius 3 is 2.39 bits per heavy atom. The number of hydrogen-bond donors (Lipinski definition) is 0. The van der Waals surface area contributed by atoms with Crippen LogP contribution < -0.4 is 4.74 Å². The molecule has 0 bridgehead atoms. The van der Waals surface area contributed by atoms with E-state index in [1.165, 1.54) is 39.9 Å². The summed E-state index contributed by atoms with van der Waals surface area (Å²) in [4.78, 5) is 16.7. The topological polar surface area (TPSA) is 135 Å². The van der Waals surface area contributed by atoms with Crippen molar-refractivity contribution in [2.75, 3.05) is 14.2 Å². The summed E-state index contributed by atoms with van der Waals surface area (Å²) in [6.45, 7) is 3.29. The van der Waals surface area contributed by atoms with E-state index in [4.69, 9.17) is 44.3 Å². The molecule has 0 N–H and O–H groups in total. The molecule has 3 heterocycles. The number of rotatable bonds is 9. The molecule has 0 radical (unpaired) electrons. The number of halogens is 3. The van der Waals surface area contributed by atoms with Crippen molar-refractivity contribution in [2.24, 2.45) is 0 Å². The molecule has 11 nitrogen and oxygen atoms in total. The molecule has 15 heteroatoms. The Kier molecular flexibility index (Phi) is 7.73. The fourth-order valence-corrected chi connectivity index (χ4v) is 6.36. The second-order valence-corrected chi connectivity index (χ2v) is 13.0. The van der Waals surface area contributed by atoms with Gasteiger partial charge in [-0.1, -0.05) is 11.6 Å². The van der Waals surface area contributed by atoms with E-state index in [0.717, 1.165) is 0 Å². The molecule has 1 saturated carbocycles. The van der Waals surface area contributed by atoms with Gasteiger partial charge in [0.2, 0.25) is 5.88 Å². The van der Waals surface area contributed by atoms with Crippen LogP contribution in [0.5, 0.6) is 5.88 Å². The van der Waals surface area contributed by atoms with Gasteiger partial charge in [0.1, 0.15) is 34.0 Å². The third-order valence-electron chi connectivity index (χ3n) is 6.07. The lowest BCUT2D eigenvalue weighted by Gasteiger charge is -2.37. The van der Waals surface area contributed by atoms with E-state index in [2.05, 4.69) is 30.1 Å². The van der Waals surface area contributed by atoms with E-state index < -0.39 is 31.3 Å². The summed E-state index contributed by atoms with van der Waals surface area (Å²) in [5.41, 5.74) is 1.00. The molecule has 3 aromatic rings. The van der Waals surface area contributed by atoms with Crippen molar-refractivity contribution in [1.82, 2.24) is 34.7 Å². The smallest absolute Gasteiger partial charge is 0.241 e. The molecule has 4 rings (SSSR count). The van der Waals surface area contributed by atoms with Crippen LogP contribution in [-0.4, -0.2) is 66.9 Å². The molecule has 0 spiro atoms. The van der Waals surface area contributed by atoms with Gasteiger partial charge >= 0.3 is 0 Å². The highest BCUT2D eigenvalue weighted by molar-refractivity contribution is 7.91. The first-order valence-corrected chi connectivity index (χ1v) is 13.7. The van der Waals surface area contributed by atoms with Gasteiger partial charge in [0.05, 0.1) is 23.1 Å². The first-order chi connectivity index (χ1) is 17.0. The van der Waals surface area contributed by atoms with Gasteiger partial charge < -0.3 is 9.47 Å². The molecule has 1 aliphatic rings. The van der Waals surface area contributed by atoms with E-state index in [1.807, 2.05) is 0 Å². The first-order valence-electron chi connectivity index (χ1n) is 10.9. The summed E-state index contributed by atoms with van der Waals surface area (Å²) in [7, 11) is -1.00. The van der Waals surface area contributed by atoms with Crippen molar-refractivity contribution >= 4 is 44.6 Å². The minimum atomic E-state index is -3.86. The Balaban J connectivity index is 1.75. The predicted octanol–water partition coefficient (Wildman–Crippen LogP) is 3.56. The Morgan fingerprint density at radius 1 is 1.14 bits per heavy atom. The average molecular weight is 577 g/mol. The number of aryl methyl sites for hydroxylation is 1. The van der Waals surface area contributed by atoms with Crippen molar-refractivity contribution in [2.45, 2.75) is 54.0 Å². The van der Waals surface area contributed by atoms with Crippen LogP contribution in [0, 0.1) is 6.92 Å². The minimum absolute atomic E-state index is 0.139. The SMILES string of the molecule is COc1ncnc(C)c1-n1c(CS(=O)(=O)[C@@H](C)[C@H](OC)c2ncc(Cl)cn2)nnc1C1CC(Cl)(Cl)C1. The third-order valence-corrected chi connectivity index (χ3v) is 8.92. The number of aromatic nitrogens is 7. The highest BCUT2D eigenvalue weighted by Gasteiger charge is 2.45. The fraction of sp³-hybridized carbons (Fsp3) is 0.524. The monoisotopic (exact) mass is 575 g/mol. The second kappa shape index (κ2) is 10.3. The van der Waals surface area contributed by atoms with Gasteiger partial charge in [-0.25, -0.2) is 23.4 Å². The molecule has 1 aliphatic carbocycles. The number of ether oxygens (including phenoxy) is 2. The minimum Gasteiger partial charge on any atom is -0.479 e. The van der Waals surface area contributed by atoms with E-state index >= 15 is 0 Å². The van der Waals surface area contributed by atoms with Crippen LogP contribution in [0.25, 0.3) is 5.69 Å². The summed E-state index contributed by atoms with van der Waals surface area (Å²) >= 11 is 18.4. The standard InChI is InChI=1S/C21H24Cl3N7O4S/c1-11-16(20(35-4)28-10-27-11)31-15(29-30-19(31)13-5-21(23,24)6-13)9-36(32,33)12(2)17(34-3)18-25-7-14(22)8-26-18/h7-8,10,12-13,17H,5-6,9H2,1-4H3/t12-,17-/m0/s1. The molecule has 0 unspecified atom stereocenters. The van der Waals surface area contributed by atoms with Crippen LogP contribution >= 0.6 is 34.8 Å². The normalized spacial score (nSPS) is 17.4. The summed E-state index contributed by atoms with van der Waals surface area (Å²) in [6, 6.07) is 0. The van der Waals surface area contributed by atoms with Gasteiger partial charge in [-0.15, -0.1) is 33.4 Å². The van der Waals surface area contributed by atoms with Crippen LogP contribution in [0.4, 0.5) is 0 Å². The zero-order valence-electron chi connectivity index (χ0n) is 19.9. The van der Waals surface area contributed by atoms with Gasteiger partial charge in [-0.3, -0.25) is 4.57 Å². The van der Waals surface area contributed by atoms with Crippen LogP contribution in [0.3, 0.4) is 0 Å². The molecule has 0 aromatic carbocycles. The van der Waals surface area contributed by atoms with Crippen LogP contribution in [0.1, 0.15) is 55.0 Å². The van der Waals surface area contributed by atoms with Crippen molar-refractivity contribution in [3.05, 3.63) is 46.9 Å². The number of nitrogens with zero attached hydrogens (tertiary/aromatic N) is 7. The predicted molar refractivity (Wildman–Crippen MR) is 134 cm³/mol. The Labute approximate surface area is 223 Å². The lowest BCUT2D eigenvalue weighted by Crippen LogP contribution is -2.34. The zero-order chi connectivity index (χ0) is 26.3. The highest BCUT2D eigenvalue weighted by atomic mass is 35.5. The quantitative estimate of drug-likeness (QED) is 0.348. The second-order valence-electron chi connectivity index (χ2n) is 8.52. The Hall–Kier alpha value is -2.12. The largest absolute Gasteiger partial charge is 0.479 e. The fourth-order valence-electron chi connectivity index (χ4n) is 4.10. The maximum absolute atomic E-state index is 13.6. The molecule has 0 aliphatic heterocycles. The van der Waals surface area contributed by atoms with E-state index in [1.54, 1.807) is 11.5 Å². The van der Waals surface area contributed by atoms with Gasteiger partial charge in [0, 0.05) is 25.4 Å². The molecule has 2 atom stereocenters. The number of alkyl halides is 2. The van der Waals surface area contributed by atoms with Gasteiger partial charge in [0.25, 0.3) is 0 Å². The average Bonchev–Trinajstić information content (AvgIpc) is 3.20. The maximum atomic E-state index is 13.6. The van der Waals surface area contributed by atoms with Crippen molar-refractivity contribution < 1.29 is 17.9 Å². The summed E-state index contributed by atoms with van der Waals surface area (Å²) in [5, 5.41) is 7.87. The molecule has 0 amide bonds. The number of sulfone groups is 1. The van der Waals surface area contributed by atoms with Crippen LogP contribution in [0.15, 0.2) is 18.7 Å². The summed E-state index contributed by atoms with van der Waals surface area (Å²) in [6.07, 6.45) is 4.07. The van der Waals surface area contributed by atoms with Gasteiger partial charge in [-0.2, -0.15) is 4.98 Å². The van der Waals surface area contributed by atoms with E-state index in [0.29, 0.717) is 35.1 Å². The third kappa shape index (κ3) is 5.28. The summed E-state index contributed by atoms with van der Waals surface area (Å²) < 4.78 is 38.8. The first kappa shape index (κ1) is 26.9. The van der Waals surface area contributed by atoms with Crippen molar-refractivity contribution in [3.63, 3.8) is 0 Å². The van der Waals surface area contributed by atoms with Crippen molar-refractivity contribution in [1.29, 1.82) is 0 Å². The molecule has 36 heavy (non-hydrogen) atoms. The lowest BCUT2D eigenvalue weighted by atomic mass is 9.83. The Morgan fingerprint density at radius 2 is 1.81 bits per heavy atom. The number of hydrogen-bond acceptors (Lipinski definition) is 10. The maximum Gasteiger partial charge on any atom is 0.241 e. The van der Waals surface area contributed by atoms with Gasteiger partial charge in [-0.05, 0) is 26.7 Å². The molecule has 0 saturated heterocycles. The highest BCUT2D eigenvalue weighted by Crippen LogP contribution is 2.51. The van der Waals surface area contributed by atoms with Gasteiger partial charge in [0.15, 0.2) is 21.5 Å². The van der Waals surface area contributed by atoms with E-state index in [-0.39, 0.29) is 23.4 Å². The molecular weight excluding hydrogens is 553 g/mol. The molecular formula is C21H24Cl3N7O4S.